The molecule has 2 saturated heterocycles. The average Bonchev–Trinajstić information content (AvgIpc) is 2.86. The smallest absolute Gasteiger partial charge is 0.326 e. The van der Waals surface area contributed by atoms with Crippen LogP contribution in [0.4, 0.5) is 4.79 Å². The van der Waals surface area contributed by atoms with Crippen LogP contribution in [-0.4, -0.2) is 53.2 Å². The number of carboxylic acid groups (broad SMARTS) is 1. The molecule has 21 heavy (non-hydrogen) atoms. The monoisotopic (exact) mass is 297 g/mol. The van der Waals surface area contributed by atoms with Gasteiger partial charge in [0.15, 0.2) is 0 Å². The molecule has 0 aromatic carbocycles. The number of amides is 2. The van der Waals surface area contributed by atoms with Crippen LogP contribution in [0.5, 0.6) is 0 Å². The first-order valence-electron chi connectivity index (χ1n) is 8.15. The van der Waals surface area contributed by atoms with Gasteiger partial charge in [0.1, 0.15) is 6.04 Å². The van der Waals surface area contributed by atoms with E-state index >= 15 is 0 Å². The molecule has 0 aromatic heterocycles. The maximum atomic E-state index is 12.0. The minimum Gasteiger partial charge on any atom is -0.480 e. The van der Waals surface area contributed by atoms with Gasteiger partial charge in [0.25, 0.3) is 0 Å². The topological polar surface area (TPSA) is 81.7 Å². The molecule has 6 heteroatoms. The molecule has 0 spiro atoms. The molecular weight excluding hydrogens is 270 g/mol. The number of hydrogen-bond acceptors (Lipinski definition) is 3. The number of piperidine rings is 1. The lowest BCUT2D eigenvalue weighted by molar-refractivity contribution is -0.139. The largest absolute Gasteiger partial charge is 0.480 e. The summed E-state index contributed by atoms with van der Waals surface area (Å²) in [6.07, 6.45) is 6.76. The van der Waals surface area contributed by atoms with Crippen molar-refractivity contribution in [3.63, 3.8) is 0 Å². The number of carboxylic acids is 1. The number of hydrogen-bond donors (Lipinski definition) is 3. The van der Waals surface area contributed by atoms with Crippen LogP contribution in [0.3, 0.4) is 0 Å². The molecule has 0 aromatic rings. The minimum atomic E-state index is -0.954. The van der Waals surface area contributed by atoms with E-state index in [1.54, 1.807) is 0 Å². The molecule has 2 amide bonds. The molecule has 2 aliphatic heterocycles. The third-order valence-electron chi connectivity index (χ3n) is 4.62. The van der Waals surface area contributed by atoms with E-state index < -0.39 is 12.0 Å². The molecule has 0 saturated carbocycles. The Morgan fingerprint density at radius 1 is 1.29 bits per heavy atom. The summed E-state index contributed by atoms with van der Waals surface area (Å²) in [5.41, 5.74) is 0. The first kappa shape index (κ1) is 16.1. The summed E-state index contributed by atoms with van der Waals surface area (Å²) >= 11 is 0. The third-order valence-corrected chi connectivity index (χ3v) is 4.62. The Bertz CT molecular complexity index is 375. The van der Waals surface area contributed by atoms with Crippen molar-refractivity contribution in [1.82, 2.24) is 15.5 Å². The van der Waals surface area contributed by atoms with Crippen LogP contribution < -0.4 is 10.6 Å². The van der Waals surface area contributed by atoms with E-state index in [0.29, 0.717) is 12.5 Å². The second-order valence-electron chi connectivity index (χ2n) is 6.15. The molecule has 0 radical (unpaired) electrons. The number of aliphatic carboxylic acids is 1. The zero-order chi connectivity index (χ0) is 15.2. The van der Waals surface area contributed by atoms with Crippen molar-refractivity contribution in [1.29, 1.82) is 0 Å². The van der Waals surface area contributed by atoms with Gasteiger partial charge in [0, 0.05) is 18.6 Å². The summed E-state index contributed by atoms with van der Waals surface area (Å²) in [6.45, 7) is 4.17. The summed E-state index contributed by atoms with van der Waals surface area (Å²) in [7, 11) is 0. The van der Waals surface area contributed by atoms with Crippen LogP contribution in [0.1, 0.15) is 51.9 Å². The van der Waals surface area contributed by atoms with E-state index in [9.17, 15) is 9.59 Å². The number of carbonyl (C=O) groups excluding carboxylic acids is 1. The molecule has 2 heterocycles. The molecular formula is C15H27N3O3. The van der Waals surface area contributed by atoms with Crippen molar-refractivity contribution < 1.29 is 14.7 Å². The van der Waals surface area contributed by atoms with Gasteiger partial charge in [0.2, 0.25) is 0 Å². The molecule has 3 unspecified atom stereocenters. The molecule has 3 N–H and O–H groups in total. The van der Waals surface area contributed by atoms with Gasteiger partial charge in [-0.2, -0.15) is 0 Å². The van der Waals surface area contributed by atoms with Crippen molar-refractivity contribution in [3.8, 4) is 0 Å². The summed E-state index contributed by atoms with van der Waals surface area (Å²) in [4.78, 5) is 25.6. The zero-order valence-electron chi connectivity index (χ0n) is 12.8. The highest BCUT2D eigenvalue weighted by atomic mass is 16.4. The highest BCUT2D eigenvalue weighted by Gasteiger charge is 2.36. The van der Waals surface area contributed by atoms with E-state index in [0.717, 1.165) is 38.8 Å². The van der Waals surface area contributed by atoms with Gasteiger partial charge in [0.05, 0.1) is 0 Å². The van der Waals surface area contributed by atoms with Crippen LogP contribution in [-0.2, 0) is 4.79 Å². The lowest BCUT2D eigenvalue weighted by atomic mass is 9.99. The van der Waals surface area contributed by atoms with Crippen molar-refractivity contribution in [3.05, 3.63) is 0 Å². The highest BCUT2D eigenvalue weighted by Crippen LogP contribution is 2.27. The zero-order valence-corrected chi connectivity index (χ0v) is 12.8. The predicted molar refractivity (Wildman–Crippen MR) is 80.2 cm³/mol. The second-order valence-corrected chi connectivity index (χ2v) is 6.15. The minimum absolute atomic E-state index is 0.158. The number of nitrogens with one attached hydrogen (secondary N) is 2. The molecule has 3 atom stereocenters. The first-order valence-corrected chi connectivity index (χ1v) is 8.15. The van der Waals surface area contributed by atoms with E-state index in [2.05, 4.69) is 15.5 Å². The summed E-state index contributed by atoms with van der Waals surface area (Å²) < 4.78 is 0. The highest BCUT2D eigenvalue weighted by molar-refractivity contribution is 5.82. The lowest BCUT2D eigenvalue weighted by Gasteiger charge is -2.32. The SMILES string of the molecule is CCCCC(NC(=O)NC1CCN2CCCCC12)C(=O)O. The molecule has 2 rings (SSSR count). The maximum Gasteiger partial charge on any atom is 0.326 e. The van der Waals surface area contributed by atoms with Gasteiger partial charge in [-0.25, -0.2) is 9.59 Å². The van der Waals surface area contributed by atoms with Gasteiger partial charge >= 0.3 is 12.0 Å². The van der Waals surface area contributed by atoms with Crippen LogP contribution in [0, 0.1) is 0 Å². The quantitative estimate of drug-likeness (QED) is 0.695. The average molecular weight is 297 g/mol. The molecule has 0 bridgehead atoms. The Morgan fingerprint density at radius 3 is 2.81 bits per heavy atom. The normalized spacial score (nSPS) is 26.9. The van der Waals surface area contributed by atoms with E-state index in [4.69, 9.17) is 5.11 Å². The Balaban J connectivity index is 1.81. The number of carbonyl (C=O) groups is 2. The van der Waals surface area contributed by atoms with Crippen molar-refractivity contribution >= 4 is 12.0 Å². The van der Waals surface area contributed by atoms with Gasteiger partial charge < -0.3 is 15.7 Å². The first-order chi connectivity index (χ1) is 10.1. The Morgan fingerprint density at radius 2 is 2.10 bits per heavy atom. The predicted octanol–water partition coefficient (Wildman–Crippen LogP) is 1.56. The molecule has 120 valence electrons. The summed E-state index contributed by atoms with van der Waals surface area (Å²) in [5.74, 6) is -0.954. The number of unbranched alkanes of at least 4 members (excludes halogenated alkanes) is 1. The van der Waals surface area contributed by atoms with Gasteiger partial charge in [-0.15, -0.1) is 0 Å². The molecule has 2 aliphatic rings. The standard InChI is InChI=1S/C15H27N3O3/c1-2-3-6-12(14(19)20)17-15(21)16-11-8-10-18-9-5-4-7-13(11)18/h11-13H,2-10H2,1H3,(H,19,20)(H2,16,17,21). The summed E-state index contributed by atoms with van der Waals surface area (Å²) in [5, 5.41) is 14.7. The fraction of sp³-hybridized carbons (Fsp3) is 0.867. The molecule has 2 fully saturated rings. The van der Waals surface area contributed by atoms with Gasteiger partial charge in [-0.3, -0.25) is 4.90 Å². The molecule has 0 aliphatic carbocycles. The lowest BCUT2D eigenvalue weighted by Crippen LogP contribution is -2.52. The van der Waals surface area contributed by atoms with Crippen LogP contribution >= 0.6 is 0 Å². The van der Waals surface area contributed by atoms with Gasteiger partial charge in [-0.05, 0) is 32.2 Å². The summed E-state index contributed by atoms with van der Waals surface area (Å²) in [6, 6.07) is -0.529. The van der Waals surface area contributed by atoms with Crippen molar-refractivity contribution in [2.45, 2.75) is 70.0 Å². The molecule has 6 nitrogen and oxygen atoms in total. The third kappa shape index (κ3) is 4.33. The van der Waals surface area contributed by atoms with E-state index in [1.165, 1.54) is 12.8 Å². The van der Waals surface area contributed by atoms with Crippen LogP contribution in [0.2, 0.25) is 0 Å². The Kier molecular flexibility index (Phi) is 5.85. The van der Waals surface area contributed by atoms with Crippen molar-refractivity contribution in [2.75, 3.05) is 13.1 Å². The van der Waals surface area contributed by atoms with E-state index in [1.807, 2.05) is 6.92 Å². The van der Waals surface area contributed by atoms with Crippen LogP contribution in [0.15, 0.2) is 0 Å². The fourth-order valence-corrected chi connectivity index (χ4v) is 3.45. The fourth-order valence-electron chi connectivity index (χ4n) is 3.45. The Labute approximate surface area is 126 Å². The number of nitrogens with zero attached hydrogens (tertiary/aromatic N) is 1. The van der Waals surface area contributed by atoms with Crippen LogP contribution in [0.25, 0.3) is 0 Å². The number of rotatable bonds is 6. The Hall–Kier alpha value is -1.30. The number of urea groups is 1. The second kappa shape index (κ2) is 7.64. The van der Waals surface area contributed by atoms with Gasteiger partial charge in [-0.1, -0.05) is 26.2 Å². The van der Waals surface area contributed by atoms with Crippen molar-refractivity contribution in [2.24, 2.45) is 0 Å². The number of fused-ring (bicyclic) bond motifs is 1. The van der Waals surface area contributed by atoms with E-state index in [-0.39, 0.29) is 12.1 Å². The maximum absolute atomic E-state index is 12.0.